The van der Waals surface area contributed by atoms with Gasteiger partial charge in [0, 0.05) is 18.3 Å². The Balaban J connectivity index is 2.75. The van der Waals surface area contributed by atoms with Gasteiger partial charge in [-0.05, 0) is 12.5 Å². The van der Waals surface area contributed by atoms with Gasteiger partial charge in [0.15, 0.2) is 0 Å². The standard InChI is InChI=1S/C8H12N2/c1-3-7(2)8-9-5-4-6-10-8/h4-7H,3H2,1-2H3/t7-/m1/s1. The first-order valence-corrected chi connectivity index (χ1v) is 3.61. The van der Waals surface area contributed by atoms with E-state index in [1.54, 1.807) is 12.4 Å². The van der Waals surface area contributed by atoms with Crippen molar-refractivity contribution in [1.29, 1.82) is 0 Å². The summed E-state index contributed by atoms with van der Waals surface area (Å²) >= 11 is 0. The molecule has 0 aliphatic heterocycles. The quantitative estimate of drug-likeness (QED) is 0.621. The second kappa shape index (κ2) is 3.30. The first-order chi connectivity index (χ1) is 4.84. The Hall–Kier alpha value is -0.920. The van der Waals surface area contributed by atoms with Crippen LogP contribution in [0.25, 0.3) is 0 Å². The summed E-state index contributed by atoms with van der Waals surface area (Å²) in [5.74, 6) is 1.44. The molecule has 1 aromatic rings. The van der Waals surface area contributed by atoms with E-state index >= 15 is 0 Å². The van der Waals surface area contributed by atoms with E-state index in [1.807, 2.05) is 6.07 Å². The minimum Gasteiger partial charge on any atom is -0.241 e. The molecule has 2 nitrogen and oxygen atoms in total. The highest BCUT2D eigenvalue weighted by molar-refractivity contribution is 4.94. The molecule has 0 saturated carbocycles. The molecule has 0 saturated heterocycles. The molecule has 0 aliphatic carbocycles. The third-order valence-electron chi connectivity index (χ3n) is 1.64. The molecule has 0 radical (unpaired) electrons. The predicted octanol–water partition coefficient (Wildman–Crippen LogP) is 1.99. The lowest BCUT2D eigenvalue weighted by Crippen LogP contribution is -1.97. The Kier molecular flexibility index (Phi) is 2.37. The summed E-state index contributed by atoms with van der Waals surface area (Å²) in [4.78, 5) is 8.28. The Morgan fingerprint density at radius 1 is 1.40 bits per heavy atom. The fraction of sp³-hybridized carbons (Fsp3) is 0.500. The van der Waals surface area contributed by atoms with Crippen molar-refractivity contribution in [1.82, 2.24) is 9.97 Å². The molecule has 1 atom stereocenters. The largest absolute Gasteiger partial charge is 0.241 e. The molecule has 0 fully saturated rings. The van der Waals surface area contributed by atoms with Crippen LogP contribution in [0.5, 0.6) is 0 Å². The van der Waals surface area contributed by atoms with E-state index in [0.717, 1.165) is 12.2 Å². The van der Waals surface area contributed by atoms with Gasteiger partial charge < -0.3 is 0 Å². The van der Waals surface area contributed by atoms with Crippen molar-refractivity contribution in [2.75, 3.05) is 0 Å². The fourth-order valence-electron chi connectivity index (χ4n) is 0.748. The van der Waals surface area contributed by atoms with E-state index < -0.39 is 0 Å². The third kappa shape index (κ3) is 1.53. The molecule has 1 heterocycles. The fourth-order valence-corrected chi connectivity index (χ4v) is 0.748. The molecule has 0 aromatic carbocycles. The van der Waals surface area contributed by atoms with Crippen LogP contribution in [0.1, 0.15) is 32.0 Å². The van der Waals surface area contributed by atoms with Crippen LogP contribution in [-0.4, -0.2) is 9.97 Å². The van der Waals surface area contributed by atoms with Crippen LogP contribution in [-0.2, 0) is 0 Å². The zero-order valence-electron chi connectivity index (χ0n) is 6.41. The number of aromatic nitrogens is 2. The summed E-state index contributed by atoms with van der Waals surface area (Å²) < 4.78 is 0. The molecule has 0 aliphatic rings. The first-order valence-electron chi connectivity index (χ1n) is 3.61. The SMILES string of the molecule is CC[C@@H](C)c1ncccn1. The van der Waals surface area contributed by atoms with Crippen molar-refractivity contribution < 1.29 is 0 Å². The molecule has 0 N–H and O–H groups in total. The van der Waals surface area contributed by atoms with E-state index in [-0.39, 0.29) is 0 Å². The molecule has 0 unspecified atom stereocenters. The number of hydrogen-bond acceptors (Lipinski definition) is 2. The maximum absolute atomic E-state index is 4.14. The van der Waals surface area contributed by atoms with E-state index in [9.17, 15) is 0 Å². The van der Waals surface area contributed by atoms with Crippen molar-refractivity contribution in [3.8, 4) is 0 Å². The van der Waals surface area contributed by atoms with Crippen molar-refractivity contribution in [3.05, 3.63) is 24.3 Å². The highest BCUT2D eigenvalue weighted by atomic mass is 14.9. The minimum atomic E-state index is 0.487. The van der Waals surface area contributed by atoms with Crippen molar-refractivity contribution in [3.63, 3.8) is 0 Å². The van der Waals surface area contributed by atoms with Crippen LogP contribution in [0.15, 0.2) is 18.5 Å². The lowest BCUT2D eigenvalue weighted by Gasteiger charge is -2.03. The summed E-state index contributed by atoms with van der Waals surface area (Å²) in [7, 11) is 0. The number of rotatable bonds is 2. The van der Waals surface area contributed by atoms with Crippen molar-refractivity contribution in [2.24, 2.45) is 0 Å². The van der Waals surface area contributed by atoms with Gasteiger partial charge in [0.05, 0.1) is 0 Å². The van der Waals surface area contributed by atoms with Crippen LogP contribution >= 0.6 is 0 Å². The minimum absolute atomic E-state index is 0.487. The maximum Gasteiger partial charge on any atom is 0.130 e. The summed E-state index contributed by atoms with van der Waals surface area (Å²) in [6.45, 7) is 4.27. The molecule has 0 spiro atoms. The smallest absolute Gasteiger partial charge is 0.130 e. The molecule has 10 heavy (non-hydrogen) atoms. The highest BCUT2D eigenvalue weighted by Gasteiger charge is 2.02. The van der Waals surface area contributed by atoms with Crippen molar-refractivity contribution >= 4 is 0 Å². The summed E-state index contributed by atoms with van der Waals surface area (Å²) in [5.41, 5.74) is 0. The van der Waals surface area contributed by atoms with Crippen LogP contribution in [0, 0.1) is 0 Å². The molecule has 0 amide bonds. The van der Waals surface area contributed by atoms with Gasteiger partial charge in [-0.15, -0.1) is 0 Å². The van der Waals surface area contributed by atoms with Gasteiger partial charge in [0.1, 0.15) is 5.82 Å². The average Bonchev–Trinajstić information content (AvgIpc) is 2.05. The first kappa shape index (κ1) is 7.19. The summed E-state index contributed by atoms with van der Waals surface area (Å²) in [6, 6.07) is 1.84. The van der Waals surface area contributed by atoms with Gasteiger partial charge in [-0.25, -0.2) is 9.97 Å². The van der Waals surface area contributed by atoms with Gasteiger partial charge in [0.25, 0.3) is 0 Å². The summed E-state index contributed by atoms with van der Waals surface area (Å²) in [5, 5.41) is 0. The highest BCUT2D eigenvalue weighted by Crippen LogP contribution is 2.11. The lowest BCUT2D eigenvalue weighted by atomic mass is 10.1. The molecule has 0 bridgehead atoms. The third-order valence-corrected chi connectivity index (χ3v) is 1.64. The van der Waals surface area contributed by atoms with Crippen molar-refractivity contribution in [2.45, 2.75) is 26.2 Å². The van der Waals surface area contributed by atoms with Crippen LogP contribution in [0.3, 0.4) is 0 Å². The topological polar surface area (TPSA) is 25.8 Å². The van der Waals surface area contributed by atoms with E-state index in [2.05, 4.69) is 23.8 Å². The monoisotopic (exact) mass is 136 g/mol. The Morgan fingerprint density at radius 3 is 2.50 bits per heavy atom. The van der Waals surface area contributed by atoms with Gasteiger partial charge >= 0.3 is 0 Å². The van der Waals surface area contributed by atoms with Gasteiger partial charge in [-0.2, -0.15) is 0 Å². The van der Waals surface area contributed by atoms with Crippen LogP contribution in [0.2, 0.25) is 0 Å². The lowest BCUT2D eigenvalue weighted by molar-refractivity contribution is 0.678. The predicted molar refractivity (Wildman–Crippen MR) is 40.7 cm³/mol. The molecule has 1 rings (SSSR count). The molecule has 2 heteroatoms. The second-order valence-corrected chi connectivity index (χ2v) is 2.42. The number of nitrogens with zero attached hydrogens (tertiary/aromatic N) is 2. The molecule has 1 aromatic heterocycles. The van der Waals surface area contributed by atoms with Crippen LogP contribution in [0.4, 0.5) is 0 Å². The maximum atomic E-state index is 4.14. The van der Waals surface area contributed by atoms with E-state index in [4.69, 9.17) is 0 Å². The van der Waals surface area contributed by atoms with Gasteiger partial charge in [-0.1, -0.05) is 13.8 Å². The van der Waals surface area contributed by atoms with E-state index in [1.165, 1.54) is 0 Å². The molecule has 54 valence electrons. The Morgan fingerprint density at radius 2 is 2.00 bits per heavy atom. The Bertz CT molecular complexity index is 184. The second-order valence-electron chi connectivity index (χ2n) is 2.42. The Labute approximate surface area is 61.3 Å². The van der Waals surface area contributed by atoms with E-state index in [0.29, 0.717) is 5.92 Å². The zero-order valence-corrected chi connectivity index (χ0v) is 6.41. The normalized spacial score (nSPS) is 13.0. The number of hydrogen-bond donors (Lipinski definition) is 0. The zero-order chi connectivity index (χ0) is 7.40. The average molecular weight is 136 g/mol. The molecular formula is C8H12N2. The summed E-state index contributed by atoms with van der Waals surface area (Å²) in [6.07, 6.45) is 4.67. The van der Waals surface area contributed by atoms with Crippen LogP contribution < -0.4 is 0 Å². The van der Waals surface area contributed by atoms with Gasteiger partial charge in [0.2, 0.25) is 0 Å². The van der Waals surface area contributed by atoms with Gasteiger partial charge in [-0.3, -0.25) is 0 Å². The molecular weight excluding hydrogens is 124 g/mol.